The minimum atomic E-state index is -1.14. The minimum Gasteiger partial charge on any atom is -0.362 e. The van der Waals surface area contributed by atoms with Crippen molar-refractivity contribution in [2.24, 2.45) is 5.92 Å². The van der Waals surface area contributed by atoms with E-state index in [1.54, 1.807) is 12.2 Å². The van der Waals surface area contributed by atoms with Crippen molar-refractivity contribution < 1.29 is 9.84 Å². The summed E-state index contributed by atoms with van der Waals surface area (Å²) >= 11 is 0. The lowest BCUT2D eigenvalue weighted by Gasteiger charge is -2.31. The second-order valence-electron chi connectivity index (χ2n) is 5.70. The summed E-state index contributed by atoms with van der Waals surface area (Å²) in [5, 5.41) is 10.5. The lowest BCUT2D eigenvalue weighted by molar-refractivity contribution is -0.158. The molecule has 1 aliphatic rings. The SMILES string of the molecule is C=CCOC1(O)C=CC=C(C(CCC)CCCCC)C1.N. The Morgan fingerprint density at radius 2 is 2.10 bits per heavy atom. The molecular weight excluding hydrogens is 262 g/mol. The van der Waals surface area contributed by atoms with Gasteiger partial charge in [0, 0.05) is 6.42 Å². The van der Waals surface area contributed by atoms with Gasteiger partial charge in [0.25, 0.3) is 0 Å². The molecule has 0 heterocycles. The molecule has 0 bridgehead atoms. The highest BCUT2D eigenvalue weighted by molar-refractivity contribution is 5.25. The molecule has 0 fully saturated rings. The fourth-order valence-corrected chi connectivity index (χ4v) is 2.82. The monoisotopic (exact) mass is 295 g/mol. The molecule has 2 unspecified atom stereocenters. The van der Waals surface area contributed by atoms with Gasteiger partial charge in [0.2, 0.25) is 0 Å². The van der Waals surface area contributed by atoms with Crippen LogP contribution in [0.4, 0.5) is 0 Å². The van der Waals surface area contributed by atoms with Crippen LogP contribution in [0.3, 0.4) is 0 Å². The number of allylic oxidation sites excluding steroid dienone is 2. The van der Waals surface area contributed by atoms with Gasteiger partial charge in [-0.1, -0.05) is 63.3 Å². The largest absolute Gasteiger partial charge is 0.362 e. The maximum absolute atomic E-state index is 10.5. The standard InChI is InChI=1S/C18H30O2.H3N/c1-4-7-8-11-16(10-5-2)17-12-9-13-18(19,15-17)20-14-6-3;/h6,9,12-13,16,19H,3-5,7-8,10-11,14-15H2,1-2H3;1H3. The Morgan fingerprint density at radius 1 is 1.33 bits per heavy atom. The van der Waals surface area contributed by atoms with Gasteiger partial charge in [-0.2, -0.15) is 0 Å². The van der Waals surface area contributed by atoms with Crippen LogP contribution in [-0.4, -0.2) is 17.5 Å². The summed E-state index contributed by atoms with van der Waals surface area (Å²) < 4.78 is 5.51. The van der Waals surface area contributed by atoms with Gasteiger partial charge in [-0.3, -0.25) is 0 Å². The summed E-state index contributed by atoms with van der Waals surface area (Å²) in [5.74, 6) is -0.565. The second kappa shape index (κ2) is 10.8. The smallest absolute Gasteiger partial charge is 0.189 e. The van der Waals surface area contributed by atoms with Crippen LogP contribution in [0.15, 0.2) is 36.5 Å². The number of ether oxygens (including phenoxy) is 1. The molecule has 0 saturated carbocycles. The quantitative estimate of drug-likeness (QED) is 0.341. The summed E-state index contributed by atoms with van der Waals surface area (Å²) in [6, 6.07) is 0. The van der Waals surface area contributed by atoms with Crippen molar-refractivity contribution in [3.8, 4) is 0 Å². The fourth-order valence-electron chi connectivity index (χ4n) is 2.82. The maximum atomic E-state index is 10.5. The van der Waals surface area contributed by atoms with Crippen LogP contribution in [0.1, 0.15) is 58.8 Å². The van der Waals surface area contributed by atoms with Crippen molar-refractivity contribution in [2.75, 3.05) is 6.61 Å². The highest BCUT2D eigenvalue weighted by Crippen LogP contribution is 2.33. The molecule has 1 aliphatic carbocycles. The van der Waals surface area contributed by atoms with E-state index < -0.39 is 5.79 Å². The van der Waals surface area contributed by atoms with E-state index in [9.17, 15) is 5.11 Å². The third kappa shape index (κ3) is 7.07. The van der Waals surface area contributed by atoms with Crippen molar-refractivity contribution in [3.63, 3.8) is 0 Å². The molecule has 3 nitrogen and oxygen atoms in total. The molecule has 0 radical (unpaired) electrons. The first-order valence-corrected chi connectivity index (χ1v) is 8.00. The molecule has 1 rings (SSSR count). The van der Waals surface area contributed by atoms with Crippen molar-refractivity contribution in [1.82, 2.24) is 6.15 Å². The zero-order valence-electron chi connectivity index (χ0n) is 13.8. The molecule has 4 N–H and O–H groups in total. The van der Waals surface area contributed by atoms with Crippen LogP contribution in [0.25, 0.3) is 0 Å². The van der Waals surface area contributed by atoms with E-state index in [4.69, 9.17) is 4.74 Å². The summed E-state index contributed by atoms with van der Waals surface area (Å²) in [4.78, 5) is 0. The minimum absolute atomic E-state index is 0. The Hall–Kier alpha value is -0.900. The molecule has 2 atom stereocenters. The lowest BCUT2D eigenvalue weighted by atomic mass is 9.83. The Kier molecular flexibility index (Phi) is 10.3. The van der Waals surface area contributed by atoms with Gasteiger partial charge in [0.1, 0.15) is 0 Å². The molecule has 3 heteroatoms. The molecule has 0 saturated heterocycles. The van der Waals surface area contributed by atoms with E-state index in [0.717, 1.165) is 0 Å². The van der Waals surface area contributed by atoms with Crippen molar-refractivity contribution in [2.45, 2.75) is 64.6 Å². The molecule has 0 spiro atoms. The first-order chi connectivity index (χ1) is 9.65. The first-order valence-electron chi connectivity index (χ1n) is 8.00. The van der Waals surface area contributed by atoms with Gasteiger partial charge in [0.15, 0.2) is 5.79 Å². The average Bonchev–Trinajstić information content (AvgIpc) is 2.44. The topological polar surface area (TPSA) is 64.5 Å². The van der Waals surface area contributed by atoms with Crippen molar-refractivity contribution >= 4 is 0 Å². The Morgan fingerprint density at radius 3 is 2.71 bits per heavy atom. The van der Waals surface area contributed by atoms with E-state index >= 15 is 0 Å². The number of unbranched alkanes of at least 4 members (excludes halogenated alkanes) is 2. The predicted molar refractivity (Wildman–Crippen MR) is 90.5 cm³/mol. The van der Waals surface area contributed by atoms with Gasteiger partial charge in [-0.05, 0) is 24.8 Å². The third-order valence-electron chi connectivity index (χ3n) is 3.89. The molecule has 122 valence electrons. The highest BCUT2D eigenvalue weighted by atomic mass is 16.6. The molecule has 21 heavy (non-hydrogen) atoms. The Labute approximate surface area is 130 Å². The molecule has 0 aliphatic heterocycles. The van der Waals surface area contributed by atoms with Crippen LogP contribution in [0.5, 0.6) is 0 Å². The van der Waals surface area contributed by atoms with Crippen molar-refractivity contribution in [3.05, 3.63) is 36.5 Å². The van der Waals surface area contributed by atoms with Gasteiger partial charge < -0.3 is 16.0 Å². The summed E-state index contributed by atoms with van der Waals surface area (Å²) in [6.07, 6.45) is 15.5. The number of hydrogen-bond donors (Lipinski definition) is 2. The number of aliphatic hydroxyl groups is 1. The zero-order chi connectivity index (χ0) is 14.8. The maximum Gasteiger partial charge on any atom is 0.189 e. The normalized spacial score (nSPS) is 22.3. The van der Waals surface area contributed by atoms with Crippen LogP contribution in [0, 0.1) is 5.92 Å². The fraction of sp³-hybridized carbons (Fsp3) is 0.667. The molecular formula is C18H33NO2. The number of rotatable bonds is 10. The van der Waals surface area contributed by atoms with Gasteiger partial charge >= 0.3 is 0 Å². The van der Waals surface area contributed by atoms with Gasteiger partial charge in [0.05, 0.1) is 6.61 Å². The zero-order valence-corrected chi connectivity index (χ0v) is 13.8. The summed E-state index contributed by atoms with van der Waals surface area (Å²) in [5.41, 5.74) is 1.33. The third-order valence-corrected chi connectivity index (χ3v) is 3.89. The van der Waals surface area contributed by atoms with Crippen molar-refractivity contribution in [1.29, 1.82) is 0 Å². The van der Waals surface area contributed by atoms with E-state index in [1.165, 1.54) is 44.1 Å². The molecule has 0 amide bonds. The van der Waals surface area contributed by atoms with Crippen LogP contribution >= 0.6 is 0 Å². The Balaban J connectivity index is 0.00000400. The summed E-state index contributed by atoms with van der Waals surface area (Å²) in [7, 11) is 0. The average molecular weight is 295 g/mol. The van der Waals surface area contributed by atoms with Crippen LogP contribution in [0.2, 0.25) is 0 Å². The molecule has 0 aromatic heterocycles. The highest BCUT2D eigenvalue weighted by Gasteiger charge is 2.30. The van der Waals surface area contributed by atoms with Crippen LogP contribution < -0.4 is 6.15 Å². The Bertz CT molecular complexity index is 349. The van der Waals surface area contributed by atoms with E-state index in [-0.39, 0.29) is 6.15 Å². The van der Waals surface area contributed by atoms with Gasteiger partial charge in [-0.15, -0.1) is 6.58 Å². The molecule has 0 aromatic rings. The first kappa shape index (κ1) is 20.1. The number of hydrogen-bond acceptors (Lipinski definition) is 3. The lowest BCUT2D eigenvalue weighted by Crippen LogP contribution is -2.33. The van der Waals surface area contributed by atoms with Crippen LogP contribution in [-0.2, 0) is 4.74 Å². The van der Waals surface area contributed by atoms with E-state index in [1.807, 2.05) is 6.08 Å². The van der Waals surface area contributed by atoms with E-state index in [2.05, 4.69) is 26.5 Å². The molecule has 0 aromatic carbocycles. The predicted octanol–water partition coefficient (Wildman–Crippen LogP) is 4.92. The second-order valence-corrected chi connectivity index (χ2v) is 5.70. The summed E-state index contributed by atoms with van der Waals surface area (Å²) in [6.45, 7) is 8.48. The van der Waals surface area contributed by atoms with E-state index in [0.29, 0.717) is 18.9 Å². The van der Waals surface area contributed by atoms with Gasteiger partial charge in [-0.25, -0.2) is 0 Å².